The van der Waals surface area contributed by atoms with Crippen LogP contribution in [0.25, 0.3) is 0 Å². The van der Waals surface area contributed by atoms with Crippen LogP contribution in [0.2, 0.25) is 0 Å². The summed E-state index contributed by atoms with van der Waals surface area (Å²) in [6.07, 6.45) is 1.54. The Balaban J connectivity index is 2.50. The van der Waals surface area contributed by atoms with Crippen LogP contribution in [-0.4, -0.2) is 30.4 Å². The first-order chi connectivity index (χ1) is 8.15. The number of nitrogens with one attached hydrogen (secondary N) is 1. The van der Waals surface area contributed by atoms with E-state index in [9.17, 15) is 4.79 Å². The molecule has 0 aliphatic heterocycles. The van der Waals surface area contributed by atoms with Gasteiger partial charge in [-0.25, -0.2) is 0 Å². The van der Waals surface area contributed by atoms with Crippen molar-refractivity contribution in [2.75, 3.05) is 13.6 Å². The Morgan fingerprint density at radius 3 is 2.82 bits per heavy atom. The standard InChI is InChI=1S/C13H22N2OS/c1-11(2)15(10-12-6-5-9-17-12)13(16)7-4-8-14-3/h5-6,9,11,14H,4,7-8,10H2,1-3H3. The molecule has 4 heteroatoms. The molecule has 0 unspecified atom stereocenters. The Morgan fingerprint density at radius 2 is 2.29 bits per heavy atom. The summed E-state index contributed by atoms with van der Waals surface area (Å²) in [4.78, 5) is 15.3. The highest BCUT2D eigenvalue weighted by Crippen LogP contribution is 2.15. The summed E-state index contributed by atoms with van der Waals surface area (Å²) in [5, 5.41) is 5.12. The lowest BCUT2D eigenvalue weighted by Crippen LogP contribution is -2.36. The Hall–Kier alpha value is -0.870. The van der Waals surface area contributed by atoms with Gasteiger partial charge in [0.1, 0.15) is 0 Å². The van der Waals surface area contributed by atoms with E-state index < -0.39 is 0 Å². The molecule has 96 valence electrons. The zero-order valence-corrected chi connectivity index (χ0v) is 11.7. The minimum atomic E-state index is 0.253. The van der Waals surface area contributed by atoms with Gasteiger partial charge in [0.2, 0.25) is 5.91 Å². The average molecular weight is 254 g/mol. The van der Waals surface area contributed by atoms with E-state index in [1.165, 1.54) is 4.88 Å². The van der Waals surface area contributed by atoms with Gasteiger partial charge >= 0.3 is 0 Å². The van der Waals surface area contributed by atoms with Crippen LogP contribution in [0, 0.1) is 0 Å². The number of carbonyl (C=O) groups is 1. The molecule has 3 nitrogen and oxygen atoms in total. The van der Waals surface area contributed by atoms with Crippen molar-refractivity contribution in [1.29, 1.82) is 0 Å². The normalized spacial score (nSPS) is 10.8. The minimum absolute atomic E-state index is 0.253. The first kappa shape index (κ1) is 14.2. The molecule has 0 atom stereocenters. The zero-order chi connectivity index (χ0) is 12.7. The van der Waals surface area contributed by atoms with Crippen molar-refractivity contribution in [3.05, 3.63) is 22.4 Å². The summed E-state index contributed by atoms with van der Waals surface area (Å²) >= 11 is 1.71. The second-order valence-corrected chi connectivity index (χ2v) is 5.43. The van der Waals surface area contributed by atoms with Crippen molar-refractivity contribution in [2.45, 2.75) is 39.3 Å². The van der Waals surface area contributed by atoms with Gasteiger partial charge < -0.3 is 10.2 Å². The summed E-state index contributed by atoms with van der Waals surface area (Å²) in [7, 11) is 1.91. The summed E-state index contributed by atoms with van der Waals surface area (Å²) in [6.45, 7) is 5.79. The number of amides is 1. The van der Waals surface area contributed by atoms with E-state index in [2.05, 4.69) is 30.6 Å². The van der Waals surface area contributed by atoms with Gasteiger partial charge in [-0.3, -0.25) is 4.79 Å². The Bertz CT molecular complexity index is 322. The minimum Gasteiger partial charge on any atom is -0.335 e. The number of hydrogen-bond donors (Lipinski definition) is 1. The van der Waals surface area contributed by atoms with Crippen LogP contribution >= 0.6 is 11.3 Å². The van der Waals surface area contributed by atoms with Gasteiger partial charge in [0.25, 0.3) is 0 Å². The van der Waals surface area contributed by atoms with Gasteiger partial charge in [-0.2, -0.15) is 0 Å². The fraction of sp³-hybridized carbons (Fsp3) is 0.615. The molecule has 1 rings (SSSR count). The molecule has 1 aromatic rings. The van der Waals surface area contributed by atoms with Gasteiger partial charge in [-0.1, -0.05) is 6.07 Å². The highest BCUT2D eigenvalue weighted by atomic mass is 32.1. The van der Waals surface area contributed by atoms with E-state index in [1.54, 1.807) is 11.3 Å². The number of rotatable bonds is 7. The predicted molar refractivity (Wildman–Crippen MR) is 73.2 cm³/mol. The fourth-order valence-corrected chi connectivity index (χ4v) is 2.39. The predicted octanol–water partition coefficient (Wildman–Crippen LogP) is 2.48. The molecule has 1 N–H and O–H groups in total. The van der Waals surface area contributed by atoms with Crippen molar-refractivity contribution in [1.82, 2.24) is 10.2 Å². The van der Waals surface area contributed by atoms with E-state index in [-0.39, 0.29) is 11.9 Å². The van der Waals surface area contributed by atoms with Crippen molar-refractivity contribution < 1.29 is 4.79 Å². The van der Waals surface area contributed by atoms with Gasteiger partial charge in [-0.15, -0.1) is 11.3 Å². The lowest BCUT2D eigenvalue weighted by Gasteiger charge is -2.26. The quantitative estimate of drug-likeness (QED) is 0.758. The van der Waals surface area contributed by atoms with Crippen LogP contribution in [0.5, 0.6) is 0 Å². The topological polar surface area (TPSA) is 32.3 Å². The van der Waals surface area contributed by atoms with E-state index in [4.69, 9.17) is 0 Å². The maximum absolute atomic E-state index is 12.1. The van der Waals surface area contributed by atoms with Crippen molar-refractivity contribution in [3.63, 3.8) is 0 Å². The molecule has 17 heavy (non-hydrogen) atoms. The lowest BCUT2D eigenvalue weighted by molar-refractivity contribution is -0.133. The average Bonchev–Trinajstić information content (AvgIpc) is 2.78. The maximum atomic E-state index is 12.1. The maximum Gasteiger partial charge on any atom is 0.223 e. The molecule has 0 fully saturated rings. The molecule has 0 aliphatic rings. The third-order valence-electron chi connectivity index (χ3n) is 2.67. The molecule has 1 heterocycles. The molecule has 0 spiro atoms. The highest BCUT2D eigenvalue weighted by Gasteiger charge is 2.16. The summed E-state index contributed by atoms with van der Waals surface area (Å²) in [5.74, 6) is 0.253. The van der Waals surface area contributed by atoms with Gasteiger partial charge in [0, 0.05) is 17.3 Å². The monoisotopic (exact) mass is 254 g/mol. The summed E-state index contributed by atoms with van der Waals surface area (Å²) in [6, 6.07) is 4.38. The van der Waals surface area contributed by atoms with E-state index in [0.29, 0.717) is 6.42 Å². The molecular weight excluding hydrogens is 232 g/mol. The molecule has 0 saturated heterocycles. The van der Waals surface area contributed by atoms with E-state index >= 15 is 0 Å². The van der Waals surface area contributed by atoms with Crippen LogP contribution in [0.15, 0.2) is 17.5 Å². The lowest BCUT2D eigenvalue weighted by atomic mass is 10.2. The van der Waals surface area contributed by atoms with Crippen LogP contribution in [-0.2, 0) is 11.3 Å². The summed E-state index contributed by atoms with van der Waals surface area (Å²) in [5.41, 5.74) is 0. The van der Waals surface area contributed by atoms with Gasteiger partial charge in [-0.05, 0) is 45.3 Å². The molecule has 1 amide bonds. The third-order valence-corrected chi connectivity index (χ3v) is 3.53. The molecule has 1 aromatic heterocycles. The largest absolute Gasteiger partial charge is 0.335 e. The van der Waals surface area contributed by atoms with Crippen molar-refractivity contribution in [3.8, 4) is 0 Å². The summed E-state index contributed by atoms with van der Waals surface area (Å²) < 4.78 is 0. The number of thiophene rings is 1. The number of hydrogen-bond acceptors (Lipinski definition) is 3. The molecule has 0 aliphatic carbocycles. The SMILES string of the molecule is CNCCCC(=O)N(Cc1cccs1)C(C)C. The first-order valence-electron chi connectivity index (χ1n) is 6.11. The third kappa shape index (κ3) is 4.88. The second-order valence-electron chi connectivity index (χ2n) is 4.40. The smallest absolute Gasteiger partial charge is 0.223 e. The zero-order valence-electron chi connectivity index (χ0n) is 10.9. The van der Waals surface area contributed by atoms with Crippen LogP contribution in [0.1, 0.15) is 31.6 Å². The first-order valence-corrected chi connectivity index (χ1v) is 6.99. The van der Waals surface area contributed by atoms with Crippen molar-refractivity contribution >= 4 is 17.2 Å². The van der Waals surface area contributed by atoms with Gasteiger partial charge in [0.05, 0.1) is 6.54 Å². The number of nitrogens with zero attached hydrogens (tertiary/aromatic N) is 1. The Morgan fingerprint density at radius 1 is 1.53 bits per heavy atom. The highest BCUT2D eigenvalue weighted by molar-refractivity contribution is 7.09. The van der Waals surface area contributed by atoms with E-state index in [0.717, 1.165) is 19.5 Å². The molecular formula is C13H22N2OS. The second kappa shape index (κ2) is 7.45. The van der Waals surface area contributed by atoms with Crippen LogP contribution < -0.4 is 5.32 Å². The molecule has 0 radical (unpaired) electrons. The number of carbonyl (C=O) groups excluding carboxylic acids is 1. The van der Waals surface area contributed by atoms with Crippen LogP contribution in [0.3, 0.4) is 0 Å². The fourth-order valence-electron chi connectivity index (χ4n) is 1.69. The van der Waals surface area contributed by atoms with E-state index in [1.807, 2.05) is 18.0 Å². The Labute approximate surface area is 108 Å². The van der Waals surface area contributed by atoms with Crippen LogP contribution in [0.4, 0.5) is 0 Å². The molecule has 0 aromatic carbocycles. The Kier molecular flexibility index (Phi) is 6.22. The van der Waals surface area contributed by atoms with Gasteiger partial charge in [0.15, 0.2) is 0 Å². The molecule has 0 bridgehead atoms. The molecule has 0 saturated carbocycles. The van der Waals surface area contributed by atoms with Crippen molar-refractivity contribution in [2.24, 2.45) is 0 Å².